The predicted molar refractivity (Wildman–Crippen MR) is 42.2 cm³/mol. The molecule has 0 spiro atoms. The Hall–Kier alpha value is -1.22. The van der Waals surface area contributed by atoms with Crippen LogP contribution in [0.15, 0.2) is 24.3 Å². The molecule has 0 saturated carbocycles. The average Bonchev–Trinajstić information content (AvgIpc) is 2.09. The Labute approximate surface area is 69.6 Å². The van der Waals surface area contributed by atoms with Gasteiger partial charge >= 0.3 is 0 Å². The normalized spacial score (nSPS) is 9.83. The second kappa shape index (κ2) is 3.97. The number of halogens is 1. The van der Waals surface area contributed by atoms with Gasteiger partial charge in [0.1, 0.15) is 12.4 Å². The zero-order valence-corrected chi connectivity index (χ0v) is 6.46. The SMILES string of the molecule is O=C(CO)Cc1ccc(F)cc1. The molecular weight excluding hydrogens is 159 g/mol. The van der Waals surface area contributed by atoms with Crippen LogP contribution < -0.4 is 0 Å². The third kappa shape index (κ3) is 2.43. The van der Waals surface area contributed by atoms with E-state index in [1.54, 1.807) is 0 Å². The highest BCUT2D eigenvalue weighted by molar-refractivity contribution is 5.81. The van der Waals surface area contributed by atoms with Crippen molar-refractivity contribution in [3.8, 4) is 0 Å². The first-order valence-corrected chi connectivity index (χ1v) is 3.59. The Morgan fingerprint density at radius 3 is 2.42 bits per heavy atom. The number of rotatable bonds is 3. The summed E-state index contributed by atoms with van der Waals surface area (Å²) in [4.78, 5) is 10.7. The van der Waals surface area contributed by atoms with Crippen LogP contribution in [0.25, 0.3) is 0 Å². The van der Waals surface area contributed by atoms with Gasteiger partial charge in [-0.25, -0.2) is 4.39 Å². The summed E-state index contributed by atoms with van der Waals surface area (Å²) >= 11 is 0. The number of carbonyl (C=O) groups excluding carboxylic acids is 1. The van der Waals surface area contributed by atoms with E-state index in [9.17, 15) is 9.18 Å². The minimum absolute atomic E-state index is 0.163. The molecular formula is C9H9FO2. The number of Topliss-reactive ketones (excluding diaryl/α,β-unsaturated/α-hetero) is 1. The second-order valence-electron chi connectivity index (χ2n) is 2.50. The molecule has 0 aliphatic rings. The summed E-state index contributed by atoms with van der Waals surface area (Å²) in [6.45, 7) is -0.461. The molecule has 0 heterocycles. The van der Waals surface area contributed by atoms with Crippen molar-refractivity contribution in [2.45, 2.75) is 6.42 Å². The van der Waals surface area contributed by atoms with Gasteiger partial charge in [0.05, 0.1) is 0 Å². The van der Waals surface area contributed by atoms with E-state index in [0.717, 1.165) is 5.56 Å². The first-order valence-electron chi connectivity index (χ1n) is 3.59. The van der Waals surface area contributed by atoms with Gasteiger partial charge < -0.3 is 5.11 Å². The number of carbonyl (C=O) groups is 1. The van der Waals surface area contributed by atoms with Gasteiger partial charge in [-0.05, 0) is 17.7 Å². The molecule has 1 aromatic carbocycles. The number of aliphatic hydroxyl groups is 1. The topological polar surface area (TPSA) is 37.3 Å². The number of hydrogen-bond acceptors (Lipinski definition) is 2. The van der Waals surface area contributed by atoms with Gasteiger partial charge in [0.15, 0.2) is 5.78 Å². The lowest BCUT2D eigenvalue weighted by Gasteiger charge is -1.97. The third-order valence-corrected chi connectivity index (χ3v) is 1.49. The van der Waals surface area contributed by atoms with Crippen molar-refractivity contribution >= 4 is 5.78 Å². The molecule has 1 rings (SSSR count). The summed E-state index contributed by atoms with van der Waals surface area (Å²) in [7, 11) is 0. The molecule has 0 radical (unpaired) electrons. The Bertz CT molecular complexity index is 266. The molecule has 2 nitrogen and oxygen atoms in total. The van der Waals surface area contributed by atoms with Crippen LogP contribution >= 0.6 is 0 Å². The maximum Gasteiger partial charge on any atom is 0.162 e. The standard InChI is InChI=1S/C9H9FO2/c10-8-3-1-7(2-4-8)5-9(12)6-11/h1-4,11H,5-6H2. The van der Waals surface area contributed by atoms with Gasteiger partial charge in [0.25, 0.3) is 0 Å². The van der Waals surface area contributed by atoms with Crippen molar-refractivity contribution in [2.24, 2.45) is 0 Å². The molecule has 0 fully saturated rings. The maximum absolute atomic E-state index is 12.4. The molecule has 0 atom stereocenters. The molecule has 12 heavy (non-hydrogen) atoms. The highest BCUT2D eigenvalue weighted by Gasteiger charge is 2.00. The van der Waals surface area contributed by atoms with Crippen LogP contribution in [-0.2, 0) is 11.2 Å². The van der Waals surface area contributed by atoms with E-state index in [1.165, 1.54) is 24.3 Å². The van der Waals surface area contributed by atoms with Gasteiger partial charge in [-0.1, -0.05) is 12.1 Å². The predicted octanol–water partition coefficient (Wildman–Crippen LogP) is 0.930. The highest BCUT2D eigenvalue weighted by atomic mass is 19.1. The van der Waals surface area contributed by atoms with Crippen LogP contribution in [0.1, 0.15) is 5.56 Å². The van der Waals surface area contributed by atoms with Crippen molar-refractivity contribution < 1.29 is 14.3 Å². The van der Waals surface area contributed by atoms with Gasteiger partial charge in [-0.3, -0.25) is 4.79 Å². The minimum atomic E-state index is -0.461. The molecule has 0 aromatic heterocycles. The molecule has 0 saturated heterocycles. The lowest BCUT2D eigenvalue weighted by Crippen LogP contribution is -2.06. The molecule has 3 heteroatoms. The van der Waals surface area contributed by atoms with Crippen molar-refractivity contribution in [3.63, 3.8) is 0 Å². The fourth-order valence-corrected chi connectivity index (χ4v) is 0.886. The smallest absolute Gasteiger partial charge is 0.162 e. The van der Waals surface area contributed by atoms with Crippen LogP contribution in [0.3, 0.4) is 0 Å². The number of hydrogen-bond donors (Lipinski definition) is 1. The summed E-state index contributed by atoms with van der Waals surface area (Å²) in [6.07, 6.45) is 0.163. The molecule has 1 N–H and O–H groups in total. The lowest BCUT2D eigenvalue weighted by atomic mass is 10.1. The molecule has 0 aliphatic carbocycles. The monoisotopic (exact) mass is 168 g/mol. The summed E-state index contributed by atoms with van der Waals surface area (Å²) in [5.41, 5.74) is 0.718. The number of ketones is 1. The van der Waals surface area contributed by atoms with E-state index < -0.39 is 6.61 Å². The lowest BCUT2D eigenvalue weighted by molar-refractivity contribution is -0.121. The average molecular weight is 168 g/mol. The second-order valence-corrected chi connectivity index (χ2v) is 2.50. The molecule has 0 bridgehead atoms. The van der Waals surface area contributed by atoms with Crippen LogP contribution in [-0.4, -0.2) is 17.5 Å². The largest absolute Gasteiger partial charge is 0.389 e. The fraction of sp³-hybridized carbons (Fsp3) is 0.222. The Balaban J connectivity index is 2.64. The van der Waals surface area contributed by atoms with Gasteiger partial charge in [0, 0.05) is 6.42 Å². The van der Waals surface area contributed by atoms with E-state index in [4.69, 9.17) is 5.11 Å². The van der Waals surface area contributed by atoms with E-state index in [-0.39, 0.29) is 18.0 Å². The van der Waals surface area contributed by atoms with Crippen LogP contribution in [0.2, 0.25) is 0 Å². The van der Waals surface area contributed by atoms with Crippen molar-refractivity contribution in [2.75, 3.05) is 6.61 Å². The maximum atomic E-state index is 12.4. The highest BCUT2D eigenvalue weighted by Crippen LogP contribution is 2.03. The number of aliphatic hydroxyl groups excluding tert-OH is 1. The Morgan fingerprint density at radius 2 is 1.92 bits per heavy atom. The minimum Gasteiger partial charge on any atom is -0.389 e. The molecule has 0 unspecified atom stereocenters. The van der Waals surface area contributed by atoms with Gasteiger partial charge in [-0.2, -0.15) is 0 Å². The summed E-state index contributed by atoms with van der Waals surface area (Å²) in [5.74, 6) is -0.586. The zero-order chi connectivity index (χ0) is 8.97. The first-order chi connectivity index (χ1) is 5.72. The van der Waals surface area contributed by atoms with Crippen LogP contribution in [0, 0.1) is 5.82 Å². The Morgan fingerprint density at radius 1 is 1.33 bits per heavy atom. The Kier molecular flexibility index (Phi) is 2.94. The van der Waals surface area contributed by atoms with Crippen molar-refractivity contribution in [3.05, 3.63) is 35.6 Å². The quantitative estimate of drug-likeness (QED) is 0.729. The van der Waals surface area contributed by atoms with E-state index in [1.807, 2.05) is 0 Å². The molecule has 0 aliphatic heterocycles. The first kappa shape index (κ1) is 8.87. The van der Waals surface area contributed by atoms with Crippen molar-refractivity contribution in [1.29, 1.82) is 0 Å². The van der Waals surface area contributed by atoms with E-state index >= 15 is 0 Å². The van der Waals surface area contributed by atoms with Gasteiger partial charge in [-0.15, -0.1) is 0 Å². The van der Waals surface area contributed by atoms with E-state index in [2.05, 4.69) is 0 Å². The van der Waals surface area contributed by atoms with Gasteiger partial charge in [0.2, 0.25) is 0 Å². The number of benzene rings is 1. The van der Waals surface area contributed by atoms with Crippen molar-refractivity contribution in [1.82, 2.24) is 0 Å². The zero-order valence-electron chi connectivity index (χ0n) is 6.46. The third-order valence-electron chi connectivity index (χ3n) is 1.49. The fourth-order valence-electron chi connectivity index (χ4n) is 0.886. The van der Waals surface area contributed by atoms with Crippen LogP contribution in [0.4, 0.5) is 4.39 Å². The van der Waals surface area contributed by atoms with Crippen LogP contribution in [0.5, 0.6) is 0 Å². The summed E-state index contributed by atoms with van der Waals surface area (Å²) < 4.78 is 12.4. The molecule has 0 amide bonds. The summed E-state index contributed by atoms with van der Waals surface area (Å²) in [5, 5.41) is 8.43. The van der Waals surface area contributed by atoms with E-state index in [0.29, 0.717) is 0 Å². The molecule has 1 aromatic rings. The summed E-state index contributed by atoms with van der Waals surface area (Å²) in [6, 6.07) is 5.64. The molecule has 64 valence electrons.